The van der Waals surface area contributed by atoms with Crippen molar-refractivity contribution in [2.75, 3.05) is 50.5 Å². The van der Waals surface area contributed by atoms with Crippen LogP contribution < -0.4 is 14.4 Å². The van der Waals surface area contributed by atoms with Crippen LogP contribution in [-0.4, -0.2) is 78.7 Å². The van der Waals surface area contributed by atoms with Crippen LogP contribution in [0, 0.1) is 30.1 Å². The molecular formula is C39H48F2N4O5S. The minimum absolute atomic E-state index is 0.0742. The number of carbonyl (C=O) groups excluding carboxylic acids is 2. The summed E-state index contributed by atoms with van der Waals surface area (Å²) >= 11 is 0. The molecule has 2 saturated carbocycles. The normalized spacial score (nSPS) is 34.1. The van der Waals surface area contributed by atoms with Crippen LogP contribution in [-0.2, 0) is 26.5 Å². The summed E-state index contributed by atoms with van der Waals surface area (Å²) in [5, 5.41) is 0. The van der Waals surface area contributed by atoms with Crippen LogP contribution in [0.5, 0.6) is 5.75 Å². The average molecular weight is 723 g/mol. The van der Waals surface area contributed by atoms with Crippen molar-refractivity contribution in [3.05, 3.63) is 70.8 Å². The van der Waals surface area contributed by atoms with Gasteiger partial charge in [-0.2, -0.15) is 0 Å². The van der Waals surface area contributed by atoms with Gasteiger partial charge in [0.25, 0.3) is 11.8 Å². The number of carbonyl (C=O) groups is 2. The van der Waals surface area contributed by atoms with Crippen molar-refractivity contribution in [3.8, 4) is 5.75 Å². The van der Waals surface area contributed by atoms with E-state index in [0.717, 1.165) is 50.9 Å². The maximum Gasteiger partial charge on any atom is 0.329 e. The highest BCUT2D eigenvalue weighted by molar-refractivity contribution is 7.92. The van der Waals surface area contributed by atoms with Gasteiger partial charge in [0.15, 0.2) is 0 Å². The second-order valence-electron chi connectivity index (χ2n) is 16.2. The standard InChI is InChI=1S/C39H48F2N4O5S/c1-25-9-13-31-27(16-25)7-5-15-37(31)21-44-18-29-10-12-30(29)33(49-3)8-4-6-26(2)19-51(48,43-36(47)45-22-38(23-45)20-39(38,40)41)42-35(46)28-11-14-34(50-24-37)32(44)17-28/h4,8-9,11,13-14,16-17,26,29-30,33H,5-7,10,12,15,18-24H2,1-3H3,(H,42,43,46,47,48)/b8-4+/t26-,29-,30+,33-,37-,51?/m0/s1. The molecular weight excluding hydrogens is 675 g/mol. The predicted octanol–water partition coefficient (Wildman–Crippen LogP) is 6.68. The van der Waals surface area contributed by atoms with Gasteiger partial charge >= 0.3 is 6.03 Å². The monoisotopic (exact) mass is 722 g/mol. The molecule has 1 unspecified atom stereocenters. The highest BCUT2D eigenvalue weighted by Crippen LogP contribution is 2.65. The lowest BCUT2D eigenvalue weighted by atomic mass is 9.68. The molecule has 8 rings (SSSR count). The predicted molar refractivity (Wildman–Crippen MR) is 192 cm³/mol. The highest BCUT2D eigenvalue weighted by Gasteiger charge is 2.76. The fourth-order valence-corrected chi connectivity index (χ4v) is 11.2. The van der Waals surface area contributed by atoms with Crippen molar-refractivity contribution < 1.29 is 32.1 Å². The molecule has 9 nitrogen and oxygen atoms in total. The molecule has 2 aromatic carbocycles. The lowest BCUT2D eigenvalue weighted by Crippen LogP contribution is -2.58. The quantitative estimate of drug-likeness (QED) is 0.348. The average Bonchev–Trinajstić information content (AvgIpc) is 3.68. The first kappa shape index (κ1) is 34.6. The number of benzene rings is 2. The molecule has 2 bridgehead atoms. The van der Waals surface area contributed by atoms with Crippen molar-refractivity contribution in [1.82, 2.24) is 9.62 Å². The second kappa shape index (κ2) is 12.6. The van der Waals surface area contributed by atoms with Gasteiger partial charge in [-0.3, -0.25) is 9.52 Å². The van der Waals surface area contributed by atoms with Gasteiger partial charge in [-0.1, -0.05) is 42.8 Å². The first-order chi connectivity index (χ1) is 24.3. The van der Waals surface area contributed by atoms with Crippen LogP contribution in [0.4, 0.5) is 19.3 Å². The SMILES string of the molecule is CO[C@H]1/C=C/C[C@H](C)CS(=O)(NC(=O)N2CC3(C2)CC3(F)F)=NC(=O)c2ccc3c(c2)N(C[C@@H]2CC[C@H]21)C[C@@]1(CCCc2cc(C)ccc21)CO3. The summed E-state index contributed by atoms with van der Waals surface area (Å²) in [7, 11) is -1.88. The number of nitrogens with one attached hydrogen (secondary N) is 1. The number of urea groups is 1. The molecule has 0 aromatic heterocycles. The van der Waals surface area contributed by atoms with E-state index in [9.17, 15) is 22.6 Å². The maximum absolute atomic E-state index is 14.4. The van der Waals surface area contributed by atoms with E-state index in [4.69, 9.17) is 9.47 Å². The van der Waals surface area contributed by atoms with E-state index in [2.05, 4.69) is 45.2 Å². The van der Waals surface area contributed by atoms with Crippen LogP contribution in [0.3, 0.4) is 0 Å². The lowest BCUT2D eigenvalue weighted by molar-refractivity contribution is -0.00404. The van der Waals surface area contributed by atoms with E-state index in [1.165, 1.54) is 21.6 Å². The number of amides is 3. The number of hydrogen-bond acceptors (Lipinski definition) is 6. The Hall–Kier alpha value is -3.51. The molecule has 2 aromatic rings. The number of rotatable bonds is 2. The Kier molecular flexibility index (Phi) is 8.52. The maximum atomic E-state index is 14.4. The topological polar surface area (TPSA) is 101 Å². The number of hydrogen-bond donors (Lipinski definition) is 1. The molecule has 3 amide bonds. The summed E-state index contributed by atoms with van der Waals surface area (Å²) in [5.74, 6) is -2.38. The number of nitrogens with zero attached hydrogens (tertiary/aromatic N) is 3. The highest BCUT2D eigenvalue weighted by atomic mass is 32.2. The largest absolute Gasteiger partial charge is 0.490 e. The summed E-state index contributed by atoms with van der Waals surface area (Å²) < 4.78 is 61.6. The molecule has 3 aliphatic heterocycles. The van der Waals surface area contributed by atoms with E-state index in [0.29, 0.717) is 30.6 Å². The van der Waals surface area contributed by atoms with Gasteiger partial charge in [0.1, 0.15) is 15.7 Å². The van der Waals surface area contributed by atoms with Gasteiger partial charge in [-0.25, -0.2) is 17.8 Å². The number of halogens is 2. The van der Waals surface area contributed by atoms with Gasteiger partial charge in [0, 0.05) is 50.7 Å². The van der Waals surface area contributed by atoms with Crippen LogP contribution in [0.2, 0.25) is 0 Å². The Bertz CT molecular complexity index is 1900. The van der Waals surface area contributed by atoms with E-state index < -0.39 is 33.2 Å². The first-order valence-electron chi connectivity index (χ1n) is 18.4. The Labute approximate surface area is 299 Å². The Morgan fingerprint density at radius 2 is 1.94 bits per heavy atom. The third-order valence-electron chi connectivity index (χ3n) is 12.4. The number of fused-ring (bicyclic) bond motifs is 4. The molecule has 1 N–H and O–H groups in total. The Morgan fingerprint density at radius 3 is 2.67 bits per heavy atom. The van der Waals surface area contributed by atoms with Gasteiger partial charge in [0.05, 0.1) is 29.6 Å². The first-order valence-corrected chi connectivity index (χ1v) is 20.0. The third-order valence-corrected chi connectivity index (χ3v) is 14.4. The van der Waals surface area contributed by atoms with Gasteiger partial charge in [-0.05, 0) is 92.5 Å². The molecule has 12 heteroatoms. The number of anilines is 1. The van der Waals surface area contributed by atoms with Crippen molar-refractivity contribution in [3.63, 3.8) is 0 Å². The Balaban J connectivity index is 1.16. The number of likely N-dealkylation sites (tertiary alicyclic amines) is 1. The summed E-state index contributed by atoms with van der Waals surface area (Å²) in [5.41, 5.74) is 3.59. The molecule has 1 saturated heterocycles. The fourth-order valence-electron chi connectivity index (χ4n) is 9.28. The second-order valence-corrected chi connectivity index (χ2v) is 18.2. The van der Waals surface area contributed by atoms with Crippen molar-refractivity contribution in [2.45, 2.75) is 76.2 Å². The minimum atomic E-state index is -3.62. The molecule has 6 aliphatic rings. The molecule has 2 spiro atoms. The summed E-state index contributed by atoms with van der Waals surface area (Å²) in [6.07, 6.45) is 9.56. The smallest absolute Gasteiger partial charge is 0.329 e. The summed E-state index contributed by atoms with van der Waals surface area (Å²) in [4.78, 5) is 30.8. The van der Waals surface area contributed by atoms with E-state index in [1.54, 1.807) is 19.2 Å². The number of methoxy groups -OCH3 is 1. The Morgan fingerprint density at radius 1 is 1.14 bits per heavy atom. The zero-order valence-electron chi connectivity index (χ0n) is 29.7. The number of aryl methyl sites for hydroxylation is 2. The fraction of sp³-hybridized carbons (Fsp3) is 0.590. The van der Waals surface area contributed by atoms with E-state index in [-0.39, 0.29) is 48.3 Å². The van der Waals surface area contributed by atoms with Crippen LogP contribution in [0.25, 0.3) is 0 Å². The number of alkyl halides is 2. The summed E-state index contributed by atoms with van der Waals surface area (Å²) in [6.45, 7) is 5.82. The van der Waals surface area contributed by atoms with E-state index >= 15 is 0 Å². The molecule has 3 fully saturated rings. The van der Waals surface area contributed by atoms with Gasteiger partial charge < -0.3 is 19.3 Å². The molecule has 274 valence electrons. The molecule has 6 atom stereocenters. The molecule has 3 aliphatic carbocycles. The van der Waals surface area contributed by atoms with Gasteiger partial charge in [0.2, 0.25) is 0 Å². The molecule has 3 heterocycles. The zero-order valence-corrected chi connectivity index (χ0v) is 30.5. The van der Waals surface area contributed by atoms with Crippen LogP contribution in [0.15, 0.2) is 52.9 Å². The van der Waals surface area contributed by atoms with Crippen LogP contribution >= 0.6 is 0 Å². The van der Waals surface area contributed by atoms with Crippen LogP contribution in [0.1, 0.15) is 72.5 Å². The molecule has 0 radical (unpaired) electrons. The van der Waals surface area contributed by atoms with Crippen molar-refractivity contribution in [2.24, 2.45) is 27.5 Å². The number of allylic oxidation sites excluding steroid dienone is 1. The zero-order chi connectivity index (χ0) is 35.8. The van der Waals surface area contributed by atoms with Crippen molar-refractivity contribution >= 4 is 27.5 Å². The van der Waals surface area contributed by atoms with Gasteiger partial charge in [-0.15, -0.1) is 4.36 Å². The molecule has 51 heavy (non-hydrogen) atoms. The number of ether oxygens (including phenoxy) is 2. The summed E-state index contributed by atoms with van der Waals surface area (Å²) in [6, 6.07) is 11.3. The van der Waals surface area contributed by atoms with Crippen molar-refractivity contribution in [1.29, 1.82) is 0 Å². The third kappa shape index (κ3) is 6.23. The minimum Gasteiger partial charge on any atom is -0.490 e. The van der Waals surface area contributed by atoms with E-state index in [1.807, 2.05) is 19.1 Å². The lowest BCUT2D eigenvalue weighted by Gasteiger charge is -2.46.